The summed E-state index contributed by atoms with van der Waals surface area (Å²) < 4.78 is 8.14. The van der Waals surface area contributed by atoms with Gasteiger partial charge in [-0.3, -0.25) is 14.5 Å². The molecule has 0 radical (unpaired) electrons. The summed E-state index contributed by atoms with van der Waals surface area (Å²) >= 11 is 1.58. The Balaban J connectivity index is 1.40. The molecule has 1 unspecified atom stereocenters. The molecule has 1 saturated carbocycles. The van der Waals surface area contributed by atoms with E-state index in [0.717, 1.165) is 40.6 Å². The van der Waals surface area contributed by atoms with Gasteiger partial charge in [0.05, 0.1) is 5.25 Å². The summed E-state index contributed by atoms with van der Waals surface area (Å²) in [6.45, 7) is 3.97. The van der Waals surface area contributed by atoms with Crippen molar-refractivity contribution in [2.24, 2.45) is 0 Å². The van der Waals surface area contributed by atoms with Gasteiger partial charge in [-0.25, -0.2) is 0 Å². The number of hydrogen-bond acceptors (Lipinski definition) is 8. The van der Waals surface area contributed by atoms with Crippen LogP contribution in [0.4, 0.5) is 0 Å². The minimum absolute atomic E-state index is 0.0531. The van der Waals surface area contributed by atoms with E-state index in [1.165, 1.54) is 0 Å². The molecule has 0 N–H and O–H groups in total. The fourth-order valence-electron chi connectivity index (χ4n) is 3.11. The van der Waals surface area contributed by atoms with Crippen LogP contribution < -0.4 is 0 Å². The molecule has 4 heterocycles. The first kappa shape index (κ1) is 18.0. The zero-order chi connectivity index (χ0) is 19.8. The number of thioether (sulfide) groups is 1. The Morgan fingerprint density at radius 2 is 2.00 bits per heavy atom. The topological polar surface area (TPSA) is 95.4 Å². The maximum atomic E-state index is 5.93. The van der Waals surface area contributed by atoms with Crippen LogP contribution in [0.2, 0.25) is 0 Å². The molecule has 0 amide bonds. The molecule has 4 aromatic heterocycles. The Morgan fingerprint density at radius 1 is 1.10 bits per heavy atom. The number of nitrogens with zero attached hydrogens (tertiary/aromatic N) is 7. The number of rotatable bonds is 6. The lowest BCUT2D eigenvalue weighted by Crippen LogP contribution is -2.01. The quantitative estimate of drug-likeness (QED) is 0.439. The summed E-state index contributed by atoms with van der Waals surface area (Å²) in [5.41, 5.74) is 2.75. The van der Waals surface area contributed by atoms with Crippen LogP contribution in [0.1, 0.15) is 42.6 Å². The normalized spacial score (nSPS) is 14.8. The molecule has 1 aliphatic carbocycles. The van der Waals surface area contributed by atoms with Crippen molar-refractivity contribution >= 4 is 11.8 Å². The third-order valence-corrected chi connectivity index (χ3v) is 5.75. The molecule has 29 heavy (non-hydrogen) atoms. The molecule has 0 bridgehead atoms. The lowest BCUT2D eigenvalue weighted by Gasteiger charge is -2.10. The highest BCUT2D eigenvalue weighted by atomic mass is 32.2. The molecule has 1 fully saturated rings. The van der Waals surface area contributed by atoms with Crippen LogP contribution in [0.3, 0.4) is 0 Å². The Morgan fingerprint density at radius 3 is 2.76 bits per heavy atom. The van der Waals surface area contributed by atoms with Crippen molar-refractivity contribution in [3.8, 4) is 22.8 Å². The van der Waals surface area contributed by atoms with Crippen LogP contribution in [-0.4, -0.2) is 34.9 Å². The first-order valence-electron chi connectivity index (χ1n) is 9.47. The van der Waals surface area contributed by atoms with Gasteiger partial charge in [-0.15, -0.1) is 20.4 Å². The van der Waals surface area contributed by atoms with Gasteiger partial charge in [0.25, 0.3) is 0 Å². The van der Waals surface area contributed by atoms with E-state index in [1.54, 1.807) is 24.2 Å². The molecule has 1 aliphatic rings. The molecule has 5 rings (SSSR count). The maximum Gasteiger partial charge on any atom is 0.247 e. The summed E-state index contributed by atoms with van der Waals surface area (Å²) in [5.74, 6) is 1.92. The molecule has 0 saturated heterocycles. The number of hydrogen-bond donors (Lipinski definition) is 0. The van der Waals surface area contributed by atoms with E-state index < -0.39 is 0 Å². The number of pyridine rings is 2. The van der Waals surface area contributed by atoms with Crippen LogP contribution in [0.15, 0.2) is 52.4 Å². The summed E-state index contributed by atoms with van der Waals surface area (Å²) in [7, 11) is 0. The van der Waals surface area contributed by atoms with Gasteiger partial charge in [0, 0.05) is 41.5 Å². The van der Waals surface area contributed by atoms with Crippen LogP contribution in [0, 0.1) is 6.92 Å². The lowest BCUT2D eigenvalue weighted by atomic mass is 10.2. The predicted octanol–water partition coefficient (Wildman–Crippen LogP) is 4.28. The molecular weight excluding hydrogens is 386 g/mol. The molecule has 9 heteroatoms. The maximum absolute atomic E-state index is 5.93. The molecule has 0 aliphatic heterocycles. The Hall–Kier alpha value is -3.07. The largest absolute Gasteiger partial charge is 0.419 e. The van der Waals surface area contributed by atoms with Crippen molar-refractivity contribution in [1.29, 1.82) is 0 Å². The average Bonchev–Trinajstić information content (AvgIpc) is 3.29. The van der Waals surface area contributed by atoms with E-state index in [9.17, 15) is 0 Å². The van der Waals surface area contributed by atoms with E-state index in [4.69, 9.17) is 4.42 Å². The summed E-state index contributed by atoms with van der Waals surface area (Å²) in [4.78, 5) is 8.42. The fourth-order valence-corrected chi connectivity index (χ4v) is 4.06. The van der Waals surface area contributed by atoms with E-state index in [0.29, 0.717) is 17.8 Å². The van der Waals surface area contributed by atoms with Gasteiger partial charge in [-0.1, -0.05) is 11.8 Å². The third-order valence-electron chi connectivity index (χ3n) is 4.71. The summed E-state index contributed by atoms with van der Waals surface area (Å²) in [6.07, 6.45) is 7.60. The number of aryl methyl sites for hydroxylation is 1. The minimum atomic E-state index is -0.0531. The zero-order valence-corrected chi connectivity index (χ0v) is 16.9. The first-order chi connectivity index (χ1) is 14.2. The summed E-state index contributed by atoms with van der Waals surface area (Å²) in [5, 5.41) is 18.1. The van der Waals surface area contributed by atoms with Crippen LogP contribution >= 0.6 is 11.8 Å². The van der Waals surface area contributed by atoms with Crippen molar-refractivity contribution in [1.82, 2.24) is 34.9 Å². The average molecular weight is 405 g/mol. The molecule has 146 valence electrons. The monoisotopic (exact) mass is 405 g/mol. The van der Waals surface area contributed by atoms with E-state index >= 15 is 0 Å². The molecule has 4 aromatic rings. The van der Waals surface area contributed by atoms with Gasteiger partial charge >= 0.3 is 0 Å². The van der Waals surface area contributed by atoms with Gasteiger partial charge in [-0.2, -0.15) is 0 Å². The van der Waals surface area contributed by atoms with Crippen molar-refractivity contribution < 1.29 is 4.42 Å². The number of aromatic nitrogens is 7. The SMILES string of the molecule is Cc1cc(-c2nnc(C(C)Sc3nnc(-c4cccnc4)n3C3CC3)o2)ccn1. The minimum Gasteiger partial charge on any atom is -0.419 e. The van der Waals surface area contributed by atoms with Crippen molar-refractivity contribution in [2.45, 2.75) is 43.1 Å². The van der Waals surface area contributed by atoms with Gasteiger partial charge in [-0.05, 0) is 51.0 Å². The second-order valence-electron chi connectivity index (χ2n) is 7.04. The molecule has 0 aromatic carbocycles. The van der Waals surface area contributed by atoms with Gasteiger partial charge in [0.1, 0.15) is 0 Å². The van der Waals surface area contributed by atoms with Crippen molar-refractivity contribution in [2.75, 3.05) is 0 Å². The first-order valence-corrected chi connectivity index (χ1v) is 10.4. The van der Waals surface area contributed by atoms with Gasteiger partial charge in [0.2, 0.25) is 11.8 Å². The smallest absolute Gasteiger partial charge is 0.247 e. The fraction of sp³-hybridized carbons (Fsp3) is 0.300. The van der Waals surface area contributed by atoms with E-state index in [-0.39, 0.29) is 5.25 Å². The molecular formula is C20H19N7OS. The Kier molecular flexibility index (Phi) is 4.59. The lowest BCUT2D eigenvalue weighted by molar-refractivity contribution is 0.508. The standard InChI is InChI=1S/C20H19N7OS/c1-12-10-14(7-9-22-12)19-25-24-18(28-19)13(2)29-20-26-23-17(27(20)16-5-6-16)15-4-3-8-21-11-15/h3-4,7-11,13,16H,5-6H2,1-2H3. The highest BCUT2D eigenvalue weighted by Crippen LogP contribution is 2.43. The molecule has 1 atom stereocenters. The van der Waals surface area contributed by atoms with Gasteiger partial charge in [0.15, 0.2) is 11.0 Å². The van der Waals surface area contributed by atoms with Crippen LogP contribution in [0.5, 0.6) is 0 Å². The van der Waals surface area contributed by atoms with Crippen LogP contribution in [-0.2, 0) is 0 Å². The third kappa shape index (κ3) is 3.65. The van der Waals surface area contributed by atoms with Crippen LogP contribution in [0.25, 0.3) is 22.8 Å². The van der Waals surface area contributed by atoms with Gasteiger partial charge < -0.3 is 4.42 Å². The summed E-state index contributed by atoms with van der Waals surface area (Å²) in [6, 6.07) is 8.16. The highest BCUT2D eigenvalue weighted by molar-refractivity contribution is 7.99. The van der Waals surface area contributed by atoms with Crippen molar-refractivity contribution in [3.05, 3.63) is 54.4 Å². The zero-order valence-electron chi connectivity index (χ0n) is 16.1. The second-order valence-corrected chi connectivity index (χ2v) is 8.35. The van der Waals surface area contributed by atoms with E-state index in [2.05, 4.69) is 34.9 Å². The van der Waals surface area contributed by atoms with Crippen molar-refractivity contribution in [3.63, 3.8) is 0 Å². The Labute approximate surface area is 171 Å². The molecule has 0 spiro atoms. The highest BCUT2D eigenvalue weighted by Gasteiger charge is 2.31. The second kappa shape index (κ2) is 7.40. The predicted molar refractivity (Wildman–Crippen MR) is 108 cm³/mol. The molecule has 8 nitrogen and oxygen atoms in total. The Bertz CT molecular complexity index is 1140. The van der Waals surface area contributed by atoms with E-state index in [1.807, 2.05) is 44.3 Å².